The second-order valence-electron chi connectivity index (χ2n) is 4.41. The quantitative estimate of drug-likeness (QED) is 0.723. The fourth-order valence-electron chi connectivity index (χ4n) is 2.28. The predicted molar refractivity (Wildman–Crippen MR) is 65.8 cm³/mol. The van der Waals surface area contributed by atoms with E-state index >= 15 is 0 Å². The highest BCUT2D eigenvalue weighted by atomic mass is 35.5. The molecular weight excluding hydrogens is 238 g/mol. The van der Waals surface area contributed by atoms with Crippen LogP contribution in [0.4, 0.5) is 0 Å². The monoisotopic (exact) mass is 253 g/mol. The molecule has 1 aromatic rings. The van der Waals surface area contributed by atoms with Crippen LogP contribution >= 0.6 is 11.6 Å². The van der Waals surface area contributed by atoms with Gasteiger partial charge in [-0.2, -0.15) is 0 Å². The third-order valence-electron chi connectivity index (χ3n) is 3.05. The third kappa shape index (κ3) is 2.75. The molecule has 92 valence electrons. The molecule has 1 unspecified atom stereocenters. The third-order valence-corrected chi connectivity index (χ3v) is 3.24. The van der Waals surface area contributed by atoms with Crippen molar-refractivity contribution < 1.29 is 4.79 Å². The molecule has 0 saturated carbocycles. The van der Waals surface area contributed by atoms with Crippen LogP contribution in [-0.4, -0.2) is 27.3 Å². The number of aromatic nitrogens is 2. The van der Waals surface area contributed by atoms with E-state index in [1.54, 1.807) is 13.0 Å². The molecule has 5 heteroatoms. The molecule has 0 spiro atoms. The zero-order valence-corrected chi connectivity index (χ0v) is 10.9. The SMILES string of the molecule is CC(=O)N1CCCCC1c1nc(C)cc(Cl)n1. The maximum Gasteiger partial charge on any atom is 0.220 e. The first-order valence-electron chi connectivity index (χ1n) is 5.86. The smallest absolute Gasteiger partial charge is 0.220 e. The molecule has 1 aromatic heterocycles. The molecule has 17 heavy (non-hydrogen) atoms. The van der Waals surface area contributed by atoms with E-state index in [4.69, 9.17) is 11.6 Å². The van der Waals surface area contributed by atoms with Crippen molar-refractivity contribution in [3.8, 4) is 0 Å². The minimum atomic E-state index is -0.0151. The second kappa shape index (κ2) is 5.00. The van der Waals surface area contributed by atoms with Gasteiger partial charge in [-0.3, -0.25) is 4.79 Å². The largest absolute Gasteiger partial charge is 0.333 e. The number of amides is 1. The summed E-state index contributed by atoms with van der Waals surface area (Å²) in [5.74, 6) is 0.751. The van der Waals surface area contributed by atoms with Gasteiger partial charge in [0.25, 0.3) is 0 Å². The van der Waals surface area contributed by atoms with Crippen LogP contribution in [0.2, 0.25) is 5.15 Å². The Morgan fingerprint density at radius 2 is 2.24 bits per heavy atom. The topological polar surface area (TPSA) is 46.1 Å². The first-order valence-corrected chi connectivity index (χ1v) is 6.24. The lowest BCUT2D eigenvalue weighted by molar-refractivity contribution is -0.132. The van der Waals surface area contributed by atoms with E-state index in [1.165, 1.54) is 0 Å². The summed E-state index contributed by atoms with van der Waals surface area (Å²) in [4.78, 5) is 22.1. The lowest BCUT2D eigenvalue weighted by Gasteiger charge is -2.34. The molecule has 2 heterocycles. The summed E-state index contributed by atoms with van der Waals surface area (Å²) in [6, 6.07) is 1.71. The van der Waals surface area contributed by atoms with Gasteiger partial charge in [0.1, 0.15) is 5.15 Å². The molecule has 2 rings (SSSR count). The van der Waals surface area contributed by atoms with Crippen LogP contribution in [0.3, 0.4) is 0 Å². The van der Waals surface area contributed by atoms with Crippen molar-refractivity contribution in [3.63, 3.8) is 0 Å². The summed E-state index contributed by atoms with van der Waals surface area (Å²) in [7, 11) is 0. The summed E-state index contributed by atoms with van der Waals surface area (Å²) < 4.78 is 0. The van der Waals surface area contributed by atoms with Crippen molar-refractivity contribution in [2.45, 2.75) is 39.2 Å². The van der Waals surface area contributed by atoms with E-state index in [2.05, 4.69) is 9.97 Å². The van der Waals surface area contributed by atoms with Crippen LogP contribution in [0.15, 0.2) is 6.07 Å². The minimum absolute atomic E-state index is 0.0151. The lowest BCUT2D eigenvalue weighted by Crippen LogP contribution is -2.37. The molecule has 1 saturated heterocycles. The summed E-state index contributed by atoms with van der Waals surface area (Å²) in [6.45, 7) is 4.27. The van der Waals surface area contributed by atoms with E-state index in [0.717, 1.165) is 31.5 Å². The van der Waals surface area contributed by atoms with Gasteiger partial charge in [0.15, 0.2) is 5.82 Å². The number of hydrogen-bond donors (Lipinski definition) is 0. The summed E-state index contributed by atoms with van der Waals surface area (Å²) in [5.41, 5.74) is 0.842. The fraction of sp³-hybridized carbons (Fsp3) is 0.583. The molecule has 1 fully saturated rings. The second-order valence-corrected chi connectivity index (χ2v) is 4.80. The van der Waals surface area contributed by atoms with Crippen molar-refractivity contribution in [2.24, 2.45) is 0 Å². The van der Waals surface area contributed by atoms with Crippen molar-refractivity contribution >= 4 is 17.5 Å². The standard InChI is InChI=1S/C12H16ClN3O/c1-8-7-11(13)15-12(14-8)10-5-3-4-6-16(10)9(2)17/h7,10H,3-6H2,1-2H3. The van der Waals surface area contributed by atoms with Gasteiger partial charge < -0.3 is 4.90 Å². The highest BCUT2D eigenvalue weighted by Crippen LogP contribution is 2.29. The van der Waals surface area contributed by atoms with Gasteiger partial charge in [-0.05, 0) is 32.3 Å². The molecule has 0 N–H and O–H groups in total. The Kier molecular flexibility index (Phi) is 3.62. The molecule has 0 bridgehead atoms. The van der Waals surface area contributed by atoms with E-state index in [1.807, 2.05) is 11.8 Å². The normalized spacial score (nSPS) is 20.4. The van der Waals surface area contributed by atoms with Gasteiger partial charge in [-0.15, -0.1) is 0 Å². The molecule has 1 aliphatic heterocycles. The number of nitrogens with zero attached hydrogens (tertiary/aromatic N) is 3. The van der Waals surface area contributed by atoms with Crippen molar-refractivity contribution in [3.05, 3.63) is 22.7 Å². The number of piperidine rings is 1. The minimum Gasteiger partial charge on any atom is -0.333 e. The Morgan fingerprint density at radius 1 is 1.47 bits per heavy atom. The van der Waals surface area contributed by atoms with Crippen LogP contribution in [0.5, 0.6) is 0 Å². The Hall–Kier alpha value is -1.16. The Labute approximate surface area is 106 Å². The predicted octanol–water partition coefficient (Wildman–Crippen LogP) is 2.51. The molecule has 0 aromatic carbocycles. The van der Waals surface area contributed by atoms with Gasteiger partial charge in [0.2, 0.25) is 5.91 Å². The molecule has 0 aliphatic carbocycles. The number of aryl methyl sites for hydroxylation is 1. The average Bonchev–Trinajstić information content (AvgIpc) is 2.27. The van der Waals surface area contributed by atoms with Gasteiger partial charge in [0.05, 0.1) is 6.04 Å². The molecule has 1 aliphatic rings. The number of likely N-dealkylation sites (tertiary alicyclic amines) is 1. The number of halogens is 1. The zero-order valence-electron chi connectivity index (χ0n) is 10.1. The van der Waals surface area contributed by atoms with E-state index in [0.29, 0.717) is 11.0 Å². The maximum absolute atomic E-state index is 11.6. The fourth-order valence-corrected chi connectivity index (χ4v) is 2.52. The van der Waals surface area contributed by atoms with E-state index in [9.17, 15) is 4.79 Å². The molecule has 0 radical (unpaired) electrons. The number of carbonyl (C=O) groups is 1. The molecule has 4 nitrogen and oxygen atoms in total. The number of carbonyl (C=O) groups excluding carboxylic acids is 1. The lowest BCUT2D eigenvalue weighted by atomic mass is 10.0. The highest BCUT2D eigenvalue weighted by Gasteiger charge is 2.28. The molecule has 1 atom stereocenters. The zero-order chi connectivity index (χ0) is 12.4. The number of rotatable bonds is 1. The van der Waals surface area contributed by atoms with E-state index in [-0.39, 0.29) is 11.9 Å². The van der Waals surface area contributed by atoms with Gasteiger partial charge >= 0.3 is 0 Å². The highest BCUT2D eigenvalue weighted by molar-refractivity contribution is 6.29. The van der Waals surface area contributed by atoms with Crippen molar-refractivity contribution in [1.29, 1.82) is 0 Å². The van der Waals surface area contributed by atoms with Crippen molar-refractivity contribution in [1.82, 2.24) is 14.9 Å². The summed E-state index contributed by atoms with van der Waals surface area (Å²) >= 11 is 5.94. The van der Waals surface area contributed by atoms with Crippen LogP contribution < -0.4 is 0 Å². The average molecular weight is 254 g/mol. The molecule has 1 amide bonds. The first kappa shape index (κ1) is 12.3. The Bertz CT molecular complexity index is 416. The molecular formula is C12H16ClN3O. The van der Waals surface area contributed by atoms with Crippen LogP contribution in [0, 0.1) is 6.92 Å². The van der Waals surface area contributed by atoms with Crippen LogP contribution in [0.1, 0.15) is 43.7 Å². The van der Waals surface area contributed by atoms with Gasteiger partial charge in [-0.1, -0.05) is 11.6 Å². The first-order chi connectivity index (χ1) is 8.08. The van der Waals surface area contributed by atoms with Crippen LogP contribution in [0.25, 0.3) is 0 Å². The summed E-state index contributed by atoms with van der Waals surface area (Å²) in [5, 5.41) is 0.446. The van der Waals surface area contributed by atoms with Gasteiger partial charge in [0, 0.05) is 19.2 Å². The number of hydrogen-bond acceptors (Lipinski definition) is 3. The Morgan fingerprint density at radius 3 is 2.88 bits per heavy atom. The van der Waals surface area contributed by atoms with Crippen LogP contribution in [-0.2, 0) is 4.79 Å². The maximum atomic E-state index is 11.6. The van der Waals surface area contributed by atoms with Gasteiger partial charge in [-0.25, -0.2) is 9.97 Å². The van der Waals surface area contributed by atoms with Crippen molar-refractivity contribution in [2.75, 3.05) is 6.54 Å². The Balaban J connectivity index is 2.32. The van der Waals surface area contributed by atoms with E-state index < -0.39 is 0 Å². The summed E-state index contributed by atoms with van der Waals surface area (Å²) in [6.07, 6.45) is 3.07.